The molecule has 1 radical (unpaired) electrons. The van der Waals surface area contributed by atoms with Crippen LogP contribution in [0.25, 0.3) is 0 Å². The van der Waals surface area contributed by atoms with E-state index in [0.717, 1.165) is 6.08 Å². The summed E-state index contributed by atoms with van der Waals surface area (Å²) in [6.45, 7) is 8.83. The molecule has 123 valence electrons. The molecule has 0 aliphatic heterocycles. The van der Waals surface area contributed by atoms with Crippen LogP contribution in [0, 0.1) is 0 Å². The van der Waals surface area contributed by atoms with Crippen molar-refractivity contribution in [2.24, 2.45) is 0 Å². The average Bonchev–Trinajstić information content (AvgIpc) is 2.47. The van der Waals surface area contributed by atoms with Crippen molar-refractivity contribution in [1.82, 2.24) is 0 Å². The zero-order chi connectivity index (χ0) is 16.3. The Morgan fingerprint density at radius 3 is 1.62 bits per heavy atom. The van der Waals surface area contributed by atoms with Crippen LogP contribution >= 0.6 is 0 Å². The second-order valence-electron chi connectivity index (χ2n) is 5.28. The van der Waals surface area contributed by atoms with E-state index < -0.39 is 25.7 Å². The Kier molecular flexibility index (Phi) is 21.6. The monoisotopic (exact) mass is 403 g/mol. The molecule has 0 aliphatic carbocycles. The molecule has 0 fully saturated rings. The number of hydrogen-bond acceptors (Lipinski definition) is 1. The Labute approximate surface area is 139 Å². The minimum atomic E-state index is -0.914. The van der Waals surface area contributed by atoms with E-state index in [-0.39, 0.29) is 0 Å². The van der Waals surface area contributed by atoms with Crippen molar-refractivity contribution in [1.29, 1.82) is 0 Å². The van der Waals surface area contributed by atoms with Gasteiger partial charge in [0.05, 0.1) is 0 Å². The van der Waals surface area contributed by atoms with Gasteiger partial charge in [-0.3, -0.25) is 0 Å². The van der Waals surface area contributed by atoms with Gasteiger partial charge in [0.15, 0.2) is 0 Å². The van der Waals surface area contributed by atoms with Crippen molar-refractivity contribution < 1.29 is 9.90 Å². The Balaban J connectivity index is 0. The van der Waals surface area contributed by atoms with E-state index in [4.69, 9.17) is 5.11 Å². The third-order valence-corrected chi connectivity index (χ3v) is 12.3. The molecule has 2 nitrogen and oxygen atoms in total. The van der Waals surface area contributed by atoms with E-state index in [1.54, 1.807) is 25.5 Å². The number of unbranched alkanes of at least 4 members (excludes halogenated alkanes) is 3. The first-order valence-corrected chi connectivity index (χ1v) is 14.5. The molecule has 1 N–H and O–H groups in total. The fraction of sp³-hybridized carbons (Fsp3) is 0.722. The van der Waals surface area contributed by atoms with Gasteiger partial charge in [-0.1, -0.05) is 18.2 Å². The predicted molar refractivity (Wildman–Crippen MR) is 96.5 cm³/mol. The molecule has 0 aromatic carbocycles. The molecule has 0 spiro atoms. The summed E-state index contributed by atoms with van der Waals surface area (Å²) in [6.07, 6.45) is 14.8. The van der Waals surface area contributed by atoms with E-state index in [1.807, 2.05) is 6.92 Å². The number of carboxylic acids is 1. The molecular formula is C18H35O2Sn. The zero-order valence-electron chi connectivity index (χ0n) is 14.5. The van der Waals surface area contributed by atoms with Gasteiger partial charge in [-0.2, -0.15) is 0 Å². The van der Waals surface area contributed by atoms with E-state index in [2.05, 4.69) is 20.8 Å². The first-order chi connectivity index (χ1) is 10.1. The fourth-order valence-corrected chi connectivity index (χ4v) is 11.4. The second kappa shape index (κ2) is 19.7. The number of rotatable bonds is 11. The number of carboxylic acid groups (broad SMARTS) is 1. The molecule has 0 aromatic heterocycles. The van der Waals surface area contributed by atoms with Crippen LogP contribution < -0.4 is 0 Å². The summed E-state index contributed by atoms with van der Waals surface area (Å²) in [5.41, 5.74) is 0. The van der Waals surface area contributed by atoms with E-state index in [0.29, 0.717) is 0 Å². The van der Waals surface area contributed by atoms with E-state index in [1.165, 1.54) is 44.6 Å². The molecule has 0 atom stereocenters. The van der Waals surface area contributed by atoms with Crippen LogP contribution in [-0.2, 0) is 4.79 Å². The number of hydrogen-bond donors (Lipinski definition) is 1. The number of aliphatic carboxylic acids is 1. The second-order valence-corrected chi connectivity index (χ2v) is 13.8. The SMILES string of the molecule is C/C=C/C=C/C(=O)O.CCC[CH2][Sn]([CH2]CCC)[CH2]CCC. The molecule has 0 heterocycles. The molecule has 0 unspecified atom stereocenters. The molecule has 21 heavy (non-hydrogen) atoms. The van der Waals surface area contributed by atoms with Gasteiger partial charge >= 0.3 is 98.3 Å². The van der Waals surface area contributed by atoms with Gasteiger partial charge in [0.1, 0.15) is 0 Å². The third kappa shape index (κ3) is 22.2. The van der Waals surface area contributed by atoms with Crippen molar-refractivity contribution in [3.63, 3.8) is 0 Å². The Hall–Kier alpha value is -0.251. The van der Waals surface area contributed by atoms with E-state index >= 15 is 0 Å². The topological polar surface area (TPSA) is 37.3 Å². The summed E-state index contributed by atoms with van der Waals surface area (Å²) in [6, 6.07) is 0. The minimum absolute atomic E-state index is 0.839. The van der Waals surface area contributed by atoms with Crippen molar-refractivity contribution in [3.8, 4) is 0 Å². The van der Waals surface area contributed by atoms with Gasteiger partial charge in [-0.05, 0) is 6.92 Å². The summed E-state index contributed by atoms with van der Waals surface area (Å²) in [4.78, 5) is 9.75. The van der Waals surface area contributed by atoms with Gasteiger partial charge in [-0.15, -0.1) is 0 Å². The molecule has 0 bridgehead atoms. The fourth-order valence-electron chi connectivity index (χ4n) is 1.90. The molecule has 0 saturated heterocycles. The Bertz CT molecular complexity index is 253. The normalized spacial score (nSPS) is 11.1. The molecule has 0 aliphatic rings. The summed E-state index contributed by atoms with van der Waals surface area (Å²) in [5, 5.41) is 8.02. The van der Waals surface area contributed by atoms with Crippen molar-refractivity contribution in [2.75, 3.05) is 0 Å². The van der Waals surface area contributed by atoms with Gasteiger partial charge < -0.3 is 5.11 Å². The molecule has 0 amide bonds. The molecule has 3 heteroatoms. The third-order valence-electron chi connectivity index (χ3n) is 3.19. The first-order valence-electron chi connectivity index (χ1n) is 8.48. The molecule has 0 rings (SSSR count). The first kappa shape index (κ1) is 23.0. The quantitative estimate of drug-likeness (QED) is 0.258. The summed E-state index contributed by atoms with van der Waals surface area (Å²) >= 11 is -0.839. The predicted octanol–water partition coefficient (Wildman–Crippen LogP) is 6.08. The van der Waals surface area contributed by atoms with Crippen LogP contribution in [0.1, 0.15) is 66.2 Å². The molecule has 0 aromatic rings. The Morgan fingerprint density at radius 2 is 1.33 bits per heavy atom. The maximum absolute atomic E-state index is 9.75. The van der Waals surface area contributed by atoms with Gasteiger partial charge in [0.2, 0.25) is 0 Å². The summed E-state index contributed by atoms with van der Waals surface area (Å²) in [5.74, 6) is -0.914. The summed E-state index contributed by atoms with van der Waals surface area (Å²) < 4.78 is 5.04. The van der Waals surface area contributed by atoms with Crippen molar-refractivity contribution in [3.05, 3.63) is 24.3 Å². The van der Waals surface area contributed by atoms with Crippen LogP contribution in [0.4, 0.5) is 0 Å². The number of carbonyl (C=O) groups is 1. The van der Waals surface area contributed by atoms with Crippen molar-refractivity contribution >= 4 is 25.7 Å². The van der Waals surface area contributed by atoms with E-state index in [9.17, 15) is 4.79 Å². The standard InChI is InChI=1S/C6H8O2.3C4H9.Sn/c1-2-3-4-5-6(7)8;3*1-3-4-2;/h2-5H,1H3,(H,7,8);3*1,3-4H2,2H3;/b3-2+,5-4+;;;;. The van der Waals surface area contributed by atoms with Gasteiger partial charge in [-0.25, -0.2) is 4.79 Å². The maximum atomic E-state index is 9.75. The van der Waals surface area contributed by atoms with Crippen LogP contribution in [0.2, 0.25) is 13.3 Å². The van der Waals surface area contributed by atoms with Crippen LogP contribution in [0.15, 0.2) is 24.3 Å². The van der Waals surface area contributed by atoms with Crippen LogP contribution in [-0.4, -0.2) is 30.8 Å². The van der Waals surface area contributed by atoms with Gasteiger partial charge in [0.25, 0.3) is 0 Å². The zero-order valence-corrected chi connectivity index (χ0v) is 17.4. The van der Waals surface area contributed by atoms with Crippen LogP contribution in [0.3, 0.4) is 0 Å². The summed E-state index contributed by atoms with van der Waals surface area (Å²) in [7, 11) is 0. The molecule has 0 saturated carbocycles. The van der Waals surface area contributed by atoms with Gasteiger partial charge in [0, 0.05) is 6.08 Å². The Morgan fingerprint density at radius 1 is 0.905 bits per heavy atom. The number of allylic oxidation sites excluding steroid dienone is 3. The van der Waals surface area contributed by atoms with Crippen LogP contribution in [0.5, 0.6) is 0 Å². The molecular weight excluding hydrogens is 367 g/mol. The average molecular weight is 402 g/mol. The van der Waals surface area contributed by atoms with Crippen molar-refractivity contribution in [2.45, 2.75) is 79.5 Å².